The summed E-state index contributed by atoms with van der Waals surface area (Å²) in [7, 11) is 0. The van der Waals surface area contributed by atoms with Gasteiger partial charge in [-0.05, 0) is 39.0 Å². The van der Waals surface area contributed by atoms with Gasteiger partial charge in [0.1, 0.15) is 21.9 Å². The topological polar surface area (TPSA) is 35.4 Å². The van der Waals surface area contributed by atoms with Crippen LogP contribution in [0.15, 0.2) is 22.6 Å². The number of nitrogens with zero attached hydrogens (tertiary/aromatic N) is 1. The first-order valence-corrected chi connectivity index (χ1v) is 6.45. The van der Waals surface area contributed by atoms with Gasteiger partial charge >= 0.3 is 6.18 Å². The average Bonchev–Trinajstić information content (AvgIpc) is 2.24. The van der Waals surface area contributed by atoms with Gasteiger partial charge in [-0.25, -0.2) is 4.39 Å². The molecule has 0 aromatic heterocycles. The average molecular weight is 295 g/mol. The van der Waals surface area contributed by atoms with Crippen molar-refractivity contribution in [3.05, 3.63) is 35.1 Å². The Morgan fingerprint density at radius 1 is 1.21 bits per heavy atom. The van der Waals surface area contributed by atoms with E-state index >= 15 is 0 Å². The van der Waals surface area contributed by atoms with Crippen molar-refractivity contribution in [2.75, 3.05) is 0 Å². The maximum Gasteiger partial charge on any atom is 0.416 e. The standard InChI is InChI=1S/C12H13F4NOS/c1-11(2,3)19(18)17-7-8-6-9(12(14,15)16)4-5-10(8)13/h4-7H,1-3H3/b17-7+. The molecule has 0 aliphatic heterocycles. The van der Waals surface area contributed by atoms with Crippen LogP contribution in [0.3, 0.4) is 0 Å². The van der Waals surface area contributed by atoms with Crippen molar-refractivity contribution in [3.63, 3.8) is 0 Å². The van der Waals surface area contributed by atoms with Gasteiger partial charge in [0.15, 0.2) is 0 Å². The minimum absolute atomic E-state index is 0.340. The fraction of sp³-hybridized carbons (Fsp3) is 0.417. The van der Waals surface area contributed by atoms with Crippen molar-refractivity contribution in [1.29, 1.82) is 0 Å². The van der Waals surface area contributed by atoms with E-state index in [1.54, 1.807) is 20.8 Å². The molecule has 2 nitrogen and oxygen atoms in total. The van der Waals surface area contributed by atoms with Crippen LogP contribution in [0.2, 0.25) is 0 Å². The van der Waals surface area contributed by atoms with Crippen LogP contribution in [-0.2, 0) is 17.5 Å². The summed E-state index contributed by atoms with van der Waals surface area (Å²) in [5, 5.41) is 0. The van der Waals surface area contributed by atoms with Gasteiger partial charge in [0.05, 0.1) is 11.8 Å². The molecule has 0 N–H and O–H groups in total. The highest BCUT2D eigenvalue weighted by molar-refractivity contribution is 7.91. The third-order valence-corrected chi connectivity index (χ3v) is 3.48. The minimum Gasteiger partial charge on any atom is -0.591 e. The maximum atomic E-state index is 13.3. The summed E-state index contributed by atoms with van der Waals surface area (Å²) in [6, 6.07) is 2.00. The highest BCUT2D eigenvalue weighted by Crippen LogP contribution is 2.30. The summed E-state index contributed by atoms with van der Waals surface area (Å²) in [5.41, 5.74) is -1.32. The van der Waals surface area contributed by atoms with Crippen LogP contribution in [0.1, 0.15) is 31.9 Å². The Bertz CT molecular complexity index is 480. The molecule has 0 spiro atoms. The zero-order valence-corrected chi connectivity index (χ0v) is 11.4. The normalized spacial score (nSPS) is 14.9. The summed E-state index contributed by atoms with van der Waals surface area (Å²) < 4.78 is 65.3. The summed E-state index contributed by atoms with van der Waals surface area (Å²) in [4.78, 5) is 0. The maximum absolute atomic E-state index is 13.3. The first kappa shape index (κ1) is 16.0. The first-order valence-electron chi connectivity index (χ1n) is 5.34. The fourth-order valence-electron chi connectivity index (χ4n) is 1.08. The molecule has 1 atom stereocenters. The van der Waals surface area contributed by atoms with E-state index in [4.69, 9.17) is 0 Å². The molecule has 0 fully saturated rings. The molecule has 1 unspecified atom stereocenters. The van der Waals surface area contributed by atoms with E-state index in [9.17, 15) is 22.1 Å². The second kappa shape index (κ2) is 5.50. The Morgan fingerprint density at radius 2 is 1.79 bits per heavy atom. The van der Waals surface area contributed by atoms with E-state index in [2.05, 4.69) is 4.40 Å². The molecule has 0 saturated carbocycles. The van der Waals surface area contributed by atoms with Crippen molar-refractivity contribution in [2.45, 2.75) is 31.7 Å². The van der Waals surface area contributed by atoms with Crippen LogP contribution in [-0.4, -0.2) is 15.5 Å². The first-order chi connectivity index (χ1) is 8.51. The molecule has 7 heteroatoms. The number of hydrogen-bond donors (Lipinski definition) is 0. The number of halogens is 4. The molecule has 0 heterocycles. The molecule has 106 valence electrons. The zero-order chi connectivity index (χ0) is 14.8. The molecular weight excluding hydrogens is 282 g/mol. The Balaban J connectivity index is 3.05. The monoisotopic (exact) mass is 295 g/mol. The predicted octanol–water partition coefficient (Wildman–Crippen LogP) is 3.73. The number of hydrogen-bond acceptors (Lipinski definition) is 2. The van der Waals surface area contributed by atoms with Gasteiger partial charge in [0, 0.05) is 5.56 Å². The lowest BCUT2D eigenvalue weighted by Gasteiger charge is -2.17. The summed E-state index contributed by atoms with van der Waals surface area (Å²) in [5.74, 6) is -0.845. The largest absolute Gasteiger partial charge is 0.591 e. The van der Waals surface area contributed by atoms with Gasteiger partial charge in [0.2, 0.25) is 0 Å². The van der Waals surface area contributed by atoms with Crippen molar-refractivity contribution in [3.8, 4) is 0 Å². The molecule has 0 bridgehead atoms. The molecule has 0 aliphatic rings. The quantitative estimate of drug-likeness (QED) is 0.465. The van der Waals surface area contributed by atoms with Gasteiger partial charge in [0.25, 0.3) is 0 Å². The summed E-state index contributed by atoms with van der Waals surface area (Å²) in [6.45, 7) is 4.97. The lowest BCUT2D eigenvalue weighted by molar-refractivity contribution is -0.137. The Morgan fingerprint density at radius 3 is 2.26 bits per heavy atom. The Hall–Kier alpha value is -1.08. The van der Waals surface area contributed by atoms with Gasteiger partial charge in [-0.1, -0.05) is 4.40 Å². The van der Waals surface area contributed by atoms with E-state index in [1.807, 2.05) is 0 Å². The van der Waals surface area contributed by atoms with Crippen LogP contribution in [0, 0.1) is 5.82 Å². The summed E-state index contributed by atoms with van der Waals surface area (Å²) in [6.07, 6.45) is -3.69. The molecule has 1 rings (SSSR count). The van der Waals surface area contributed by atoms with Crippen LogP contribution in [0.4, 0.5) is 17.6 Å². The molecule has 1 aromatic rings. The van der Waals surface area contributed by atoms with E-state index in [-0.39, 0.29) is 5.56 Å². The molecule has 0 aliphatic carbocycles. The Labute approximate surface area is 111 Å². The smallest absolute Gasteiger partial charge is 0.416 e. The number of benzene rings is 1. The van der Waals surface area contributed by atoms with E-state index in [0.29, 0.717) is 18.2 Å². The van der Waals surface area contributed by atoms with Crippen molar-refractivity contribution >= 4 is 17.6 Å². The van der Waals surface area contributed by atoms with E-state index in [1.165, 1.54) is 0 Å². The van der Waals surface area contributed by atoms with Gasteiger partial charge in [-0.15, -0.1) is 0 Å². The minimum atomic E-state index is -4.56. The van der Waals surface area contributed by atoms with Gasteiger partial charge in [-0.2, -0.15) is 13.2 Å². The van der Waals surface area contributed by atoms with E-state index < -0.39 is 33.7 Å². The molecule has 0 radical (unpaired) electrons. The molecule has 1 aromatic carbocycles. The zero-order valence-electron chi connectivity index (χ0n) is 10.6. The molecular formula is C12H13F4NOS. The van der Waals surface area contributed by atoms with Crippen molar-refractivity contribution < 1.29 is 22.1 Å². The fourth-order valence-corrected chi connectivity index (χ4v) is 1.61. The third kappa shape index (κ3) is 4.50. The highest BCUT2D eigenvalue weighted by Gasteiger charge is 2.31. The molecule has 0 amide bonds. The van der Waals surface area contributed by atoms with Gasteiger partial charge in [-0.3, -0.25) is 0 Å². The van der Waals surface area contributed by atoms with Gasteiger partial charge < -0.3 is 4.55 Å². The summed E-state index contributed by atoms with van der Waals surface area (Å²) >= 11 is -1.65. The second-order valence-electron chi connectivity index (χ2n) is 4.83. The lowest BCUT2D eigenvalue weighted by Crippen LogP contribution is -2.25. The van der Waals surface area contributed by atoms with Crippen LogP contribution >= 0.6 is 0 Å². The van der Waals surface area contributed by atoms with E-state index in [0.717, 1.165) is 6.21 Å². The van der Waals surface area contributed by atoms with Crippen molar-refractivity contribution in [1.82, 2.24) is 0 Å². The Kier molecular flexibility index (Phi) is 4.63. The number of alkyl halides is 3. The SMILES string of the molecule is CC(C)(C)[S+]([O-])/N=C/c1cc(C(F)(F)F)ccc1F. The lowest BCUT2D eigenvalue weighted by atomic mass is 10.1. The third-order valence-electron chi connectivity index (χ3n) is 2.13. The number of rotatable bonds is 2. The van der Waals surface area contributed by atoms with Crippen molar-refractivity contribution in [2.24, 2.45) is 4.40 Å². The predicted molar refractivity (Wildman–Crippen MR) is 66.9 cm³/mol. The second-order valence-corrected chi connectivity index (χ2v) is 6.76. The van der Waals surface area contributed by atoms with Crippen LogP contribution in [0.5, 0.6) is 0 Å². The van der Waals surface area contributed by atoms with Crippen LogP contribution in [0.25, 0.3) is 0 Å². The molecule has 0 saturated heterocycles. The molecule has 19 heavy (non-hydrogen) atoms. The highest BCUT2D eigenvalue weighted by atomic mass is 32.2. The van der Waals surface area contributed by atoms with Crippen LogP contribution < -0.4 is 0 Å².